The van der Waals surface area contributed by atoms with Gasteiger partial charge in [-0.15, -0.1) is 0 Å². The van der Waals surface area contributed by atoms with E-state index in [9.17, 15) is 74.6 Å². The summed E-state index contributed by atoms with van der Waals surface area (Å²) in [5.41, 5.74) is 0. The minimum atomic E-state index is -8.64. The van der Waals surface area contributed by atoms with Gasteiger partial charge in [0.15, 0.2) is 0 Å². The minimum Gasteiger partial charge on any atom is -0.382 e. The molecule has 0 fully saturated rings. The number of halogens is 17. The van der Waals surface area contributed by atoms with Crippen molar-refractivity contribution in [2.24, 2.45) is 0 Å². The van der Waals surface area contributed by atoms with Gasteiger partial charge in [0.05, 0.1) is 13.2 Å². The van der Waals surface area contributed by atoms with Gasteiger partial charge in [-0.25, -0.2) is 0 Å². The molecule has 0 aromatic carbocycles. The van der Waals surface area contributed by atoms with Crippen molar-refractivity contribution >= 4 is 0 Å². The molecular formula is C15H15F17O3. The Bertz CT molecular complexity index is 674. The lowest BCUT2D eigenvalue weighted by Crippen LogP contribution is -2.74. The van der Waals surface area contributed by atoms with Crippen LogP contribution in [0.15, 0.2) is 0 Å². The summed E-state index contributed by atoms with van der Waals surface area (Å²) < 4.78 is 235. The molecule has 212 valence electrons. The van der Waals surface area contributed by atoms with Crippen LogP contribution < -0.4 is 0 Å². The molecule has 0 aromatic heterocycles. The first-order valence-corrected chi connectivity index (χ1v) is 8.67. The van der Waals surface area contributed by atoms with E-state index in [1.807, 2.05) is 0 Å². The summed E-state index contributed by atoms with van der Waals surface area (Å²) in [4.78, 5) is 0. The van der Waals surface area contributed by atoms with Gasteiger partial charge in [-0.3, -0.25) is 0 Å². The predicted molar refractivity (Wildman–Crippen MR) is 78.8 cm³/mol. The van der Waals surface area contributed by atoms with Gasteiger partial charge in [0, 0.05) is 20.3 Å². The Morgan fingerprint density at radius 2 is 0.800 bits per heavy atom. The highest BCUT2D eigenvalue weighted by molar-refractivity contribution is 5.15. The van der Waals surface area contributed by atoms with Gasteiger partial charge in [0.1, 0.15) is 6.61 Å². The SMILES string of the molecule is COCCOCCCOCC(F)(F)C(F)(F)C(F)(F)C(F)(F)C(F)(F)C(F)(F)C(F)(F)C(F)(F)F. The maximum atomic E-state index is 13.6. The van der Waals surface area contributed by atoms with Gasteiger partial charge >= 0.3 is 47.6 Å². The van der Waals surface area contributed by atoms with E-state index in [-0.39, 0.29) is 19.8 Å². The summed E-state index contributed by atoms with van der Waals surface area (Å²) >= 11 is 0. The maximum Gasteiger partial charge on any atom is 0.460 e. The number of alkyl halides is 17. The number of rotatable bonds is 15. The van der Waals surface area contributed by atoms with Crippen LogP contribution in [-0.4, -0.2) is 87.8 Å². The minimum absolute atomic E-state index is 0.0486. The summed E-state index contributed by atoms with van der Waals surface area (Å²) in [5, 5.41) is 0. The number of hydrogen-bond donors (Lipinski definition) is 0. The Morgan fingerprint density at radius 3 is 1.20 bits per heavy atom. The van der Waals surface area contributed by atoms with Gasteiger partial charge in [0.2, 0.25) is 0 Å². The van der Waals surface area contributed by atoms with E-state index in [1.165, 1.54) is 7.11 Å². The van der Waals surface area contributed by atoms with Gasteiger partial charge in [-0.05, 0) is 6.42 Å². The fourth-order valence-corrected chi connectivity index (χ4v) is 1.99. The number of hydrogen-bond acceptors (Lipinski definition) is 3. The summed E-state index contributed by atoms with van der Waals surface area (Å²) in [6.45, 7) is -4.25. The predicted octanol–water partition coefficient (Wildman–Crippen LogP) is 6.07. The Hall–Kier alpha value is -1.31. The molecule has 0 amide bonds. The first-order valence-electron chi connectivity index (χ1n) is 8.67. The molecule has 20 heteroatoms. The van der Waals surface area contributed by atoms with Crippen LogP contribution in [-0.2, 0) is 14.2 Å². The van der Waals surface area contributed by atoms with Crippen LogP contribution >= 0.6 is 0 Å². The maximum absolute atomic E-state index is 13.6. The second kappa shape index (κ2) is 10.6. The molecule has 0 unspecified atom stereocenters. The zero-order chi connectivity index (χ0) is 28.4. The van der Waals surface area contributed by atoms with Crippen LogP contribution in [0.4, 0.5) is 74.6 Å². The molecule has 35 heavy (non-hydrogen) atoms. The molecule has 0 saturated heterocycles. The van der Waals surface area contributed by atoms with Crippen molar-refractivity contribution in [3.05, 3.63) is 0 Å². The average molecular weight is 566 g/mol. The molecule has 0 N–H and O–H groups in total. The van der Waals surface area contributed by atoms with E-state index in [1.54, 1.807) is 0 Å². The molecule has 0 bridgehead atoms. The zero-order valence-corrected chi connectivity index (χ0v) is 16.9. The molecule has 0 radical (unpaired) electrons. The summed E-state index contributed by atoms with van der Waals surface area (Å²) in [6, 6.07) is 0. The van der Waals surface area contributed by atoms with Crippen molar-refractivity contribution in [3.63, 3.8) is 0 Å². The third-order valence-electron chi connectivity index (χ3n) is 4.08. The van der Waals surface area contributed by atoms with Gasteiger partial charge in [-0.2, -0.15) is 74.6 Å². The molecule has 0 atom stereocenters. The lowest BCUT2D eigenvalue weighted by molar-refractivity contribution is -0.462. The smallest absolute Gasteiger partial charge is 0.382 e. The first kappa shape index (κ1) is 33.7. The van der Waals surface area contributed by atoms with E-state index < -0.39 is 67.3 Å². The van der Waals surface area contributed by atoms with Crippen molar-refractivity contribution in [1.29, 1.82) is 0 Å². The third kappa shape index (κ3) is 5.83. The number of methoxy groups -OCH3 is 1. The molecule has 0 aliphatic heterocycles. The Labute approximate surface area is 184 Å². The van der Waals surface area contributed by atoms with Gasteiger partial charge in [-0.1, -0.05) is 0 Å². The van der Waals surface area contributed by atoms with Crippen molar-refractivity contribution in [1.82, 2.24) is 0 Å². The van der Waals surface area contributed by atoms with E-state index in [2.05, 4.69) is 9.47 Å². The van der Waals surface area contributed by atoms with Crippen LogP contribution in [0.5, 0.6) is 0 Å². The fraction of sp³-hybridized carbons (Fsp3) is 1.00. The Morgan fingerprint density at radius 1 is 0.429 bits per heavy atom. The van der Waals surface area contributed by atoms with Crippen LogP contribution in [0.3, 0.4) is 0 Å². The quantitative estimate of drug-likeness (QED) is 0.178. The van der Waals surface area contributed by atoms with E-state index >= 15 is 0 Å². The van der Waals surface area contributed by atoms with Crippen LogP contribution in [0.25, 0.3) is 0 Å². The third-order valence-corrected chi connectivity index (χ3v) is 4.08. The van der Waals surface area contributed by atoms with Gasteiger partial charge in [0.25, 0.3) is 0 Å². The lowest BCUT2D eigenvalue weighted by Gasteiger charge is -2.42. The fourth-order valence-electron chi connectivity index (χ4n) is 1.99. The van der Waals surface area contributed by atoms with Crippen LogP contribution in [0.2, 0.25) is 0 Å². The van der Waals surface area contributed by atoms with Crippen molar-refractivity contribution in [2.75, 3.05) is 40.1 Å². The molecule has 0 aliphatic rings. The van der Waals surface area contributed by atoms with Crippen molar-refractivity contribution in [2.45, 2.75) is 54.1 Å². The highest BCUT2D eigenvalue weighted by Crippen LogP contribution is 2.63. The molecule has 0 aliphatic carbocycles. The second-order valence-corrected chi connectivity index (χ2v) is 6.66. The Balaban J connectivity index is 5.84. The topological polar surface area (TPSA) is 27.7 Å². The normalized spacial score (nSPS) is 15.6. The van der Waals surface area contributed by atoms with Crippen molar-refractivity contribution < 1.29 is 88.8 Å². The monoisotopic (exact) mass is 566 g/mol. The molecule has 0 spiro atoms. The highest BCUT2D eigenvalue weighted by atomic mass is 19.4. The van der Waals surface area contributed by atoms with E-state index in [0.717, 1.165) is 0 Å². The van der Waals surface area contributed by atoms with E-state index in [4.69, 9.17) is 4.74 Å². The van der Waals surface area contributed by atoms with Crippen LogP contribution in [0.1, 0.15) is 6.42 Å². The molecule has 3 nitrogen and oxygen atoms in total. The van der Waals surface area contributed by atoms with Crippen LogP contribution in [0, 0.1) is 0 Å². The summed E-state index contributed by atoms with van der Waals surface area (Å²) in [6.07, 6.45) is -8.19. The molecule has 0 rings (SSSR count). The molecular weight excluding hydrogens is 551 g/mol. The summed E-state index contributed by atoms with van der Waals surface area (Å²) in [5.74, 6) is -56.5. The van der Waals surface area contributed by atoms with E-state index in [0.29, 0.717) is 0 Å². The molecule has 0 aromatic rings. The van der Waals surface area contributed by atoms with Gasteiger partial charge < -0.3 is 14.2 Å². The lowest BCUT2D eigenvalue weighted by atomic mass is 9.89. The standard InChI is InChI=1S/C15H15F17O3/c1-33-5-6-34-3-2-4-35-7-8(16,17)9(18,19)10(20,21)11(22,23)12(24,25)13(26,27)14(28,29)15(30,31)32/h2-7H2,1H3. The number of ether oxygens (including phenoxy) is 3. The first-order chi connectivity index (χ1) is 15.3. The van der Waals surface area contributed by atoms with Crippen molar-refractivity contribution in [3.8, 4) is 0 Å². The highest BCUT2D eigenvalue weighted by Gasteiger charge is 2.95. The largest absolute Gasteiger partial charge is 0.460 e. The summed E-state index contributed by atoms with van der Waals surface area (Å²) in [7, 11) is 1.26. The second-order valence-electron chi connectivity index (χ2n) is 6.66. The Kier molecular flexibility index (Phi) is 10.2. The molecule has 0 saturated carbocycles. The molecule has 0 heterocycles. The zero-order valence-electron chi connectivity index (χ0n) is 16.9. The average Bonchev–Trinajstić information content (AvgIpc) is 2.68.